The van der Waals surface area contributed by atoms with Gasteiger partial charge in [-0.15, -0.1) is 0 Å². The maximum Gasteiger partial charge on any atom is 0.160 e. The van der Waals surface area contributed by atoms with Crippen molar-refractivity contribution in [2.45, 2.75) is 26.2 Å². The predicted octanol–water partition coefficient (Wildman–Crippen LogP) is 5.11. The smallest absolute Gasteiger partial charge is 0.160 e. The number of hydrogen-bond acceptors (Lipinski definition) is 2. The molecular formula is C20H20N2. The summed E-state index contributed by atoms with van der Waals surface area (Å²) in [5, 5.41) is 0. The molecule has 0 N–H and O–H groups in total. The lowest BCUT2D eigenvalue weighted by Gasteiger charge is -2.19. The molecule has 2 nitrogen and oxygen atoms in total. The van der Waals surface area contributed by atoms with E-state index < -0.39 is 0 Å². The van der Waals surface area contributed by atoms with Crippen LogP contribution >= 0.6 is 0 Å². The number of nitrogens with zero attached hydrogens (tertiary/aromatic N) is 2. The molecule has 0 atom stereocenters. The van der Waals surface area contributed by atoms with Gasteiger partial charge in [-0.05, 0) is 6.07 Å². The largest absolute Gasteiger partial charge is 0.232 e. The molecule has 0 saturated carbocycles. The van der Waals surface area contributed by atoms with E-state index in [0.29, 0.717) is 0 Å². The van der Waals surface area contributed by atoms with Gasteiger partial charge in [0.25, 0.3) is 0 Å². The number of rotatable bonds is 2. The van der Waals surface area contributed by atoms with E-state index in [1.165, 1.54) is 0 Å². The number of aromatic nitrogens is 2. The lowest BCUT2D eigenvalue weighted by atomic mass is 9.91. The molecule has 0 aliphatic rings. The topological polar surface area (TPSA) is 25.8 Å². The van der Waals surface area contributed by atoms with Gasteiger partial charge in [-0.1, -0.05) is 81.4 Å². The van der Waals surface area contributed by atoms with E-state index in [4.69, 9.17) is 9.97 Å². The third kappa shape index (κ3) is 3.06. The van der Waals surface area contributed by atoms with E-state index in [0.717, 1.165) is 28.3 Å². The van der Waals surface area contributed by atoms with E-state index in [-0.39, 0.29) is 5.41 Å². The summed E-state index contributed by atoms with van der Waals surface area (Å²) >= 11 is 0. The second-order valence-corrected chi connectivity index (χ2v) is 6.44. The monoisotopic (exact) mass is 288 g/mol. The van der Waals surface area contributed by atoms with Crippen molar-refractivity contribution in [1.29, 1.82) is 0 Å². The van der Waals surface area contributed by atoms with Crippen LogP contribution in [0.15, 0.2) is 66.7 Å². The standard InChI is InChI=1S/C20H20N2/c1-20(2,3)18-14-17(15-10-6-4-7-11-15)21-19(22-18)16-12-8-5-9-13-16/h4-14H,1-3H3. The fourth-order valence-electron chi connectivity index (χ4n) is 2.30. The fourth-order valence-corrected chi connectivity index (χ4v) is 2.30. The lowest BCUT2D eigenvalue weighted by molar-refractivity contribution is 0.568. The molecule has 0 aliphatic heterocycles. The predicted molar refractivity (Wildman–Crippen MR) is 91.6 cm³/mol. The Bertz CT molecular complexity index is 699. The molecule has 3 rings (SSSR count). The Hall–Kier alpha value is -2.48. The van der Waals surface area contributed by atoms with Gasteiger partial charge < -0.3 is 0 Å². The maximum atomic E-state index is 4.79. The first kappa shape index (κ1) is 14.5. The van der Waals surface area contributed by atoms with E-state index in [2.05, 4.69) is 51.1 Å². The van der Waals surface area contributed by atoms with Gasteiger partial charge in [-0.25, -0.2) is 9.97 Å². The second kappa shape index (κ2) is 5.72. The van der Waals surface area contributed by atoms with E-state index in [9.17, 15) is 0 Å². The summed E-state index contributed by atoms with van der Waals surface area (Å²) in [5.74, 6) is 0.784. The van der Waals surface area contributed by atoms with Crippen molar-refractivity contribution in [3.63, 3.8) is 0 Å². The minimum absolute atomic E-state index is 0.0179. The zero-order valence-electron chi connectivity index (χ0n) is 13.2. The molecule has 0 radical (unpaired) electrons. The van der Waals surface area contributed by atoms with Crippen LogP contribution < -0.4 is 0 Å². The third-order valence-electron chi connectivity index (χ3n) is 3.60. The van der Waals surface area contributed by atoms with Crippen molar-refractivity contribution in [2.24, 2.45) is 0 Å². The first-order valence-electron chi connectivity index (χ1n) is 7.54. The van der Waals surface area contributed by atoms with Crippen molar-refractivity contribution >= 4 is 0 Å². The Balaban J connectivity index is 2.19. The van der Waals surface area contributed by atoms with Crippen LogP contribution in [0.2, 0.25) is 0 Å². The van der Waals surface area contributed by atoms with Gasteiger partial charge in [0.2, 0.25) is 0 Å². The Morgan fingerprint density at radius 2 is 1.23 bits per heavy atom. The minimum Gasteiger partial charge on any atom is -0.232 e. The van der Waals surface area contributed by atoms with E-state index in [1.807, 2.05) is 36.4 Å². The van der Waals surface area contributed by atoms with Crippen molar-refractivity contribution in [1.82, 2.24) is 9.97 Å². The van der Waals surface area contributed by atoms with Crippen LogP contribution in [0, 0.1) is 0 Å². The van der Waals surface area contributed by atoms with Crippen molar-refractivity contribution < 1.29 is 0 Å². The minimum atomic E-state index is -0.0179. The van der Waals surface area contributed by atoms with Gasteiger partial charge in [-0.2, -0.15) is 0 Å². The molecule has 1 aromatic heterocycles. The van der Waals surface area contributed by atoms with Crippen LogP contribution in [0.5, 0.6) is 0 Å². The van der Waals surface area contributed by atoms with Crippen molar-refractivity contribution in [3.8, 4) is 22.6 Å². The van der Waals surface area contributed by atoms with Gasteiger partial charge in [0.05, 0.1) is 11.4 Å². The number of benzene rings is 2. The Morgan fingerprint density at radius 1 is 0.682 bits per heavy atom. The third-order valence-corrected chi connectivity index (χ3v) is 3.60. The summed E-state index contributed by atoms with van der Waals surface area (Å²) < 4.78 is 0. The quantitative estimate of drug-likeness (QED) is 0.655. The van der Waals surface area contributed by atoms with Crippen molar-refractivity contribution in [3.05, 3.63) is 72.4 Å². The molecule has 22 heavy (non-hydrogen) atoms. The molecule has 0 unspecified atom stereocenters. The molecule has 0 fully saturated rings. The first-order chi connectivity index (χ1) is 10.5. The van der Waals surface area contributed by atoms with Gasteiger partial charge in [-0.3, -0.25) is 0 Å². The summed E-state index contributed by atoms with van der Waals surface area (Å²) in [6, 6.07) is 22.5. The van der Waals surface area contributed by atoms with Crippen LogP contribution in [0.25, 0.3) is 22.6 Å². The molecule has 2 aromatic carbocycles. The summed E-state index contributed by atoms with van der Waals surface area (Å²) in [6.07, 6.45) is 0. The van der Waals surface area contributed by atoms with E-state index in [1.54, 1.807) is 0 Å². The molecule has 1 heterocycles. The summed E-state index contributed by atoms with van der Waals surface area (Å²) in [5.41, 5.74) is 4.17. The van der Waals surface area contributed by atoms with Crippen molar-refractivity contribution in [2.75, 3.05) is 0 Å². The van der Waals surface area contributed by atoms with Gasteiger partial charge in [0, 0.05) is 16.5 Å². The highest BCUT2D eigenvalue weighted by atomic mass is 14.9. The second-order valence-electron chi connectivity index (χ2n) is 6.44. The first-order valence-corrected chi connectivity index (χ1v) is 7.54. The maximum absolute atomic E-state index is 4.79. The highest BCUT2D eigenvalue weighted by Crippen LogP contribution is 2.28. The Kier molecular flexibility index (Phi) is 3.76. The SMILES string of the molecule is CC(C)(C)c1cc(-c2ccccc2)nc(-c2ccccc2)n1. The summed E-state index contributed by atoms with van der Waals surface area (Å²) in [4.78, 5) is 9.57. The highest BCUT2D eigenvalue weighted by Gasteiger charge is 2.19. The number of hydrogen-bond donors (Lipinski definition) is 0. The van der Waals surface area contributed by atoms with Crippen LogP contribution in [0.4, 0.5) is 0 Å². The average molecular weight is 288 g/mol. The Morgan fingerprint density at radius 3 is 1.77 bits per heavy atom. The lowest BCUT2D eigenvalue weighted by Crippen LogP contribution is -2.15. The fraction of sp³-hybridized carbons (Fsp3) is 0.200. The molecule has 0 aliphatic carbocycles. The zero-order chi connectivity index (χ0) is 15.6. The molecule has 3 aromatic rings. The normalized spacial score (nSPS) is 11.4. The molecule has 110 valence electrons. The van der Waals surface area contributed by atoms with E-state index >= 15 is 0 Å². The summed E-state index contributed by atoms with van der Waals surface area (Å²) in [6.45, 7) is 6.54. The van der Waals surface area contributed by atoms with Gasteiger partial charge in [0.15, 0.2) is 5.82 Å². The van der Waals surface area contributed by atoms with Gasteiger partial charge in [0.1, 0.15) is 0 Å². The average Bonchev–Trinajstić information content (AvgIpc) is 2.55. The van der Waals surface area contributed by atoms with Crippen LogP contribution in [0.1, 0.15) is 26.5 Å². The van der Waals surface area contributed by atoms with Crippen LogP contribution in [0.3, 0.4) is 0 Å². The molecule has 0 amide bonds. The highest BCUT2D eigenvalue weighted by molar-refractivity contribution is 5.64. The molecule has 0 spiro atoms. The molecule has 2 heteroatoms. The zero-order valence-corrected chi connectivity index (χ0v) is 13.2. The molecule has 0 bridgehead atoms. The van der Waals surface area contributed by atoms with Crippen LogP contribution in [-0.4, -0.2) is 9.97 Å². The van der Waals surface area contributed by atoms with Gasteiger partial charge >= 0.3 is 0 Å². The molecular weight excluding hydrogens is 268 g/mol. The van der Waals surface area contributed by atoms with Crippen LogP contribution in [-0.2, 0) is 5.41 Å². The summed E-state index contributed by atoms with van der Waals surface area (Å²) in [7, 11) is 0. The molecule has 0 saturated heterocycles. The Labute approximate surface area is 131 Å².